The first-order valence-corrected chi connectivity index (χ1v) is 8.15. The summed E-state index contributed by atoms with van der Waals surface area (Å²) in [6.45, 7) is 0. The zero-order valence-corrected chi connectivity index (χ0v) is 13.7. The average molecular weight is 342 g/mol. The molecule has 0 fully saturated rings. The smallest absolute Gasteiger partial charge is 0.225 e. The van der Waals surface area contributed by atoms with Crippen molar-refractivity contribution in [2.24, 2.45) is 0 Å². The number of nitrogens with one attached hydrogen (secondary N) is 1. The van der Waals surface area contributed by atoms with Gasteiger partial charge in [0.1, 0.15) is 0 Å². The first-order valence-electron chi connectivity index (χ1n) is 7.40. The van der Waals surface area contributed by atoms with Crippen LogP contribution < -0.4 is 5.32 Å². The minimum atomic E-state index is -0.0156. The Kier molecular flexibility index (Phi) is 3.51. The number of fused-ring (bicyclic) bond motifs is 3. The molecular formula is C19H13Cl2NO. The van der Waals surface area contributed by atoms with Crippen molar-refractivity contribution >= 4 is 45.6 Å². The standard InChI is InChI=1S/C19H13Cl2NO/c20-16-8-6-12(9-17(16)21)15-10-18(23)22-19-13-4-2-1-3-11(13)5-7-14(15)19/h1-9,15H,10H2,(H,22,23). The third-order valence-electron chi connectivity index (χ3n) is 4.34. The maximum atomic E-state index is 12.2. The summed E-state index contributed by atoms with van der Waals surface area (Å²) in [4.78, 5) is 12.2. The van der Waals surface area contributed by atoms with Crippen LogP contribution in [0.15, 0.2) is 54.6 Å². The Bertz CT molecular complexity index is 936. The highest BCUT2D eigenvalue weighted by atomic mass is 35.5. The summed E-state index contributed by atoms with van der Waals surface area (Å²) in [5, 5.41) is 6.24. The second-order valence-electron chi connectivity index (χ2n) is 5.73. The summed E-state index contributed by atoms with van der Waals surface area (Å²) in [7, 11) is 0. The van der Waals surface area contributed by atoms with E-state index < -0.39 is 0 Å². The molecule has 3 aromatic carbocycles. The van der Waals surface area contributed by atoms with E-state index in [1.54, 1.807) is 6.07 Å². The molecule has 4 heteroatoms. The Morgan fingerprint density at radius 1 is 0.957 bits per heavy atom. The molecule has 0 bridgehead atoms. The highest BCUT2D eigenvalue weighted by molar-refractivity contribution is 6.42. The Morgan fingerprint density at radius 3 is 2.61 bits per heavy atom. The zero-order chi connectivity index (χ0) is 16.0. The van der Waals surface area contributed by atoms with Crippen LogP contribution in [0.25, 0.3) is 10.8 Å². The molecular weight excluding hydrogens is 329 g/mol. The number of anilines is 1. The van der Waals surface area contributed by atoms with Crippen LogP contribution in [0, 0.1) is 0 Å². The van der Waals surface area contributed by atoms with E-state index in [-0.39, 0.29) is 11.8 Å². The molecule has 0 saturated carbocycles. The van der Waals surface area contributed by atoms with Crippen molar-refractivity contribution in [3.05, 3.63) is 75.8 Å². The Balaban J connectivity index is 1.92. The van der Waals surface area contributed by atoms with Crippen LogP contribution in [0.5, 0.6) is 0 Å². The highest BCUT2D eigenvalue weighted by Gasteiger charge is 2.28. The largest absolute Gasteiger partial charge is 0.325 e. The molecule has 0 aromatic heterocycles. The molecule has 1 aliphatic rings. The average Bonchev–Trinajstić information content (AvgIpc) is 2.56. The van der Waals surface area contributed by atoms with Crippen LogP contribution in [0.3, 0.4) is 0 Å². The van der Waals surface area contributed by atoms with Gasteiger partial charge in [0.15, 0.2) is 0 Å². The number of carbonyl (C=O) groups excluding carboxylic acids is 1. The predicted molar refractivity (Wildman–Crippen MR) is 95.5 cm³/mol. The van der Waals surface area contributed by atoms with E-state index in [1.807, 2.05) is 36.4 Å². The molecule has 0 saturated heterocycles. The van der Waals surface area contributed by atoms with Crippen LogP contribution in [0.2, 0.25) is 10.0 Å². The van der Waals surface area contributed by atoms with E-state index in [0.29, 0.717) is 16.5 Å². The number of hydrogen-bond donors (Lipinski definition) is 1. The number of carbonyl (C=O) groups is 1. The summed E-state index contributed by atoms with van der Waals surface area (Å²) in [5.74, 6) is 0.00282. The molecule has 3 aromatic rings. The fraction of sp³-hybridized carbons (Fsp3) is 0.105. The lowest BCUT2D eigenvalue weighted by Gasteiger charge is -2.27. The number of amides is 1. The monoisotopic (exact) mass is 341 g/mol. The minimum Gasteiger partial charge on any atom is -0.325 e. The molecule has 1 unspecified atom stereocenters. The van der Waals surface area contributed by atoms with Crippen molar-refractivity contribution in [2.45, 2.75) is 12.3 Å². The van der Waals surface area contributed by atoms with Gasteiger partial charge in [0, 0.05) is 17.7 Å². The van der Waals surface area contributed by atoms with Crippen molar-refractivity contribution in [1.82, 2.24) is 0 Å². The van der Waals surface area contributed by atoms with Crippen LogP contribution >= 0.6 is 23.2 Å². The summed E-state index contributed by atoms with van der Waals surface area (Å²) in [6, 6.07) is 17.8. The molecule has 1 atom stereocenters. The van der Waals surface area contributed by atoms with Crippen LogP contribution in [-0.2, 0) is 4.79 Å². The second-order valence-corrected chi connectivity index (χ2v) is 6.54. The highest BCUT2D eigenvalue weighted by Crippen LogP contribution is 2.41. The lowest BCUT2D eigenvalue weighted by atomic mass is 9.83. The third-order valence-corrected chi connectivity index (χ3v) is 5.08. The Labute approximate surface area is 144 Å². The van der Waals surface area contributed by atoms with E-state index in [2.05, 4.69) is 17.4 Å². The van der Waals surface area contributed by atoms with E-state index in [9.17, 15) is 4.79 Å². The third kappa shape index (κ3) is 2.48. The van der Waals surface area contributed by atoms with Crippen molar-refractivity contribution in [2.75, 3.05) is 5.32 Å². The maximum Gasteiger partial charge on any atom is 0.225 e. The maximum absolute atomic E-state index is 12.2. The van der Waals surface area contributed by atoms with Crippen LogP contribution in [-0.4, -0.2) is 5.91 Å². The van der Waals surface area contributed by atoms with Crippen LogP contribution in [0.4, 0.5) is 5.69 Å². The summed E-state index contributed by atoms with van der Waals surface area (Å²) >= 11 is 12.2. The molecule has 23 heavy (non-hydrogen) atoms. The van der Waals surface area contributed by atoms with Gasteiger partial charge in [0.2, 0.25) is 5.91 Å². The fourth-order valence-electron chi connectivity index (χ4n) is 3.23. The van der Waals surface area contributed by atoms with Crippen molar-refractivity contribution in [3.8, 4) is 0 Å². The number of rotatable bonds is 1. The number of halogens is 2. The normalized spacial score (nSPS) is 17.0. The van der Waals surface area contributed by atoms with E-state index in [0.717, 1.165) is 27.6 Å². The van der Waals surface area contributed by atoms with Gasteiger partial charge in [-0.25, -0.2) is 0 Å². The van der Waals surface area contributed by atoms with Gasteiger partial charge in [0.25, 0.3) is 0 Å². The zero-order valence-electron chi connectivity index (χ0n) is 12.1. The topological polar surface area (TPSA) is 29.1 Å². The first kappa shape index (κ1) is 14.6. The Morgan fingerprint density at radius 2 is 1.78 bits per heavy atom. The van der Waals surface area contributed by atoms with Gasteiger partial charge in [-0.2, -0.15) is 0 Å². The summed E-state index contributed by atoms with van der Waals surface area (Å²) in [5.41, 5.74) is 3.02. The number of benzene rings is 3. The molecule has 2 nitrogen and oxygen atoms in total. The van der Waals surface area contributed by atoms with Gasteiger partial charge in [0.05, 0.1) is 15.7 Å². The van der Waals surface area contributed by atoms with E-state index >= 15 is 0 Å². The molecule has 1 aliphatic heterocycles. The fourth-order valence-corrected chi connectivity index (χ4v) is 3.54. The van der Waals surface area contributed by atoms with Gasteiger partial charge < -0.3 is 5.32 Å². The molecule has 1 N–H and O–H groups in total. The van der Waals surface area contributed by atoms with Crippen molar-refractivity contribution in [1.29, 1.82) is 0 Å². The lowest BCUT2D eigenvalue weighted by molar-refractivity contribution is -0.116. The number of hydrogen-bond acceptors (Lipinski definition) is 1. The van der Waals surface area contributed by atoms with Crippen molar-refractivity contribution in [3.63, 3.8) is 0 Å². The Hall–Kier alpha value is -2.03. The van der Waals surface area contributed by atoms with Crippen molar-refractivity contribution < 1.29 is 4.79 Å². The molecule has 0 aliphatic carbocycles. The van der Waals surface area contributed by atoms with Crippen LogP contribution in [0.1, 0.15) is 23.5 Å². The van der Waals surface area contributed by atoms with Gasteiger partial charge in [-0.15, -0.1) is 0 Å². The lowest BCUT2D eigenvalue weighted by Crippen LogP contribution is -2.23. The first-order chi connectivity index (χ1) is 11.1. The minimum absolute atomic E-state index is 0.0156. The molecule has 114 valence electrons. The quantitative estimate of drug-likeness (QED) is 0.611. The van der Waals surface area contributed by atoms with Gasteiger partial charge in [-0.3, -0.25) is 4.79 Å². The summed E-state index contributed by atoms with van der Waals surface area (Å²) < 4.78 is 0. The van der Waals surface area contributed by atoms with Gasteiger partial charge >= 0.3 is 0 Å². The SMILES string of the molecule is O=C1CC(c2ccc(Cl)c(Cl)c2)c2ccc3ccccc3c2N1. The molecule has 1 heterocycles. The van der Waals surface area contributed by atoms with E-state index in [4.69, 9.17) is 23.2 Å². The molecule has 4 rings (SSSR count). The van der Waals surface area contributed by atoms with Gasteiger partial charge in [-0.05, 0) is 28.6 Å². The molecule has 1 amide bonds. The van der Waals surface area contributed by atoms with E-state index in [1.165, 1.54) is 0 Å². The summed E-state index contributed by atoms with van der Waals surface area (Å²) in [6.07, 6.45) is 0.406. The second kappa shape index (κ2) is 5.55. The predicted octanol–water partition coefficient (Wildman–Crippen LogP) is 5.62. The molecule has 0 radical (unpaired) electrons. The van der Waals surface area contributed by atoms with Gasteiger partial charge in [-0.1, -0.05) is 65.7 Å². The molecule has 0 spiro atoms.